The Hall–Kier alpha value is -1.27. The highest BCUT2D eigenvalue weighted by atomic mass is 35.5. The fourth-order valence-electron chi connectivity index (χ4n) is 1.49. The summed E-state index contributed by atoms with van der Waals surface area (Å²) in [6, 6.07) is 18.3. The summed E-state index contributed by atoms with van der Waals surface area (Å²) in [6.07, 6.45) is 3.12. The molecule has 0 heterocycles. The Labute approximate surface area is 95.5 Å². The van der Waals surface area contributed by atoms with E-state index in [1.807, 2.05) is 36.4 Å². The van der Waals surface area contributed by atoms with Crippen LogP contribution in [-0.4, -0.2) is 0 Å². The summed E-state index contributed by atoms with van der Waals surface area (Å²) in [7, 11) is 0. The van der Waals surface area contributed by atoms with Crippen LogP contribution in [0.25, 0.3) is 0 Å². The van der Waals surface area contributed by atoms with Crippen molar-refractivity contribution in [2.75, 3.05) is 0 Å². The molecule has 15 heavy (non-hydrogen) atoms. The first-order valence-electron chi connectivity index (χ1n) is 4.97. The molecular weight excluding hydrogens is 204 g/mol. The Morgan fingerprint density at radius 1 is 0.933 bits per heavy atom. The van der Waals surface area contributed by atoms with E-state index < -0.39 is 0 Å². The van der Waals surface area contributed by atoms with Crippen LogP contribution < -0.4 is 0 Å². The summed E-state index contributed by atoms with van der Waals surface area (Å²) < 4.78 is 0. The number of benzene rings is 2. The average Bonchev–Trinajstić information content (AvgIpc) is 2.28. The topological polar surface area (TPSA) is 0 Å². The molecule has 1 heteroatoms. The van der Waals surface area contributed by atoms with E-state index in [-0.39, 0.29) is 0 Å². The fourth-order valence-corrected chi connectivity index (χ4v) is 1.70. The maximum Gasteiger partial charge on any atom is 0.0408 e. The van der Waals surface area contributed by atoms with Gasteiger partial charge in [0, 0.05) is 5.02 Å². The third kappa shape index (κ3) is 3.10. The Kier molecular flexibility index (Phi) is 3.41. The normalized spacial score (nSPS) is 10.2. The lowest BCUT2D eigenvalue weighted by atomic mass is 10.0. The van der Waals surface area contributed by atoms with Crippen LogP contribution >= 0.6 is 11.6 Å². The van der Waals surface area contributed by atoms with Crippen LogP contribution in [0.2, 0.25) is 5.02 Å². The second-order valence-electron chi connectivity index (χ2n) is 3.45. The third-order valence-corrected chi connectivity index (χ3v) is 2.50. The SMILES string of the molecule is Clc1cccc(C[CH]c2ccccc2)c1. The summed E-state index contributed by atoms with van der Waals surface area (Å²) in [4.78, 5) is 0. The van der Waals surface area contributed by atoms with E-state index >= 15 is 0 Å². The first-order chi connectivity index (χ1) is 7.34. The van der Waals surface area contributed by atoms with Crippen LogP contribution in [0.15, 0.2) is 54.6 Å². The number of halogens is 1. The van der Waals surface area contributed by atoms with Gasteiger partial charge in [0.1, 0.15) is 0 Å². The van der Waals surface area contributed by atoms with Gasteiger partial charge in [0.25, 0.3) is 0 Å². The summed E-state index contributed by atoms with van der Waals surface area (Å²) in [5, 5.41) is 0.800. The highest BCUT2D eigenvalue weighted by molar-refractivity contribution is 6.30. The van der Waals surface area contributed by atoms with Crippen molar-refractivity contribution in [2.24, 2.45) is 0 Å². The van der Waals surface area contributed by atoms with Gasteiger partial charge in [-0.05, 0) is 36.1 Å². The minimum atomic E-state index is 0.800. The predicted molar refractivity (Wildman–Crippen MR) is 65.0 cm³/mol. The van der Waals surface area contributed by atoms with Crippen LogP contribution in [-0.2, 0) is 6.42 Å². The molecule has 0 spiro atoms. The minimum Gasteiger partial charge on any atom is -0.0843 e. The molecule has 0 aliphatic heterocycles. The Morgan fingerprint density at radius 3 is 2.47 bits per heavy atom. The fraction of sp³-hybridized carbons (Fsp3) is 0.0714. The van der Waals surface area contributed by atoms with Gasteiger partial charge in [0.05, 0.1) is 0 Å². The van der Waals surface area contributed by atoms with E-state index in [0.717, 1.165) is 11.4 Å². The average molecular weight is 216 g/mol. The van der Waals surface area contributed by atoms with E-state index in [1.165, 1.54) is 11.1 Å². The quantitative estimate of drug-likeness (QED) is 0.722. The second kappa shape index (κ2) is 4.99. The first kappa shape index (κ1) is 10.3. The number of hydrogen-bond donors (Lipinski definition) is 0. The first-order valence-corrected chi connectivity index (χ1v) is 5.35. The highest BCUT2D eigenvalue weighted by Crippen LogP contribution is 2.13. The van der Waals surface area contributed by atoms with Gasteiger partial charge in [-0.25, -0.2) is 0 Å². The molecule has 0 nitrogen and oxygen atoms in total. The van der Waals surface area contributed by atoms with Gasteiger partial charge >= 0.3 is 0 Å². The zero-order valence-electron chi connectivity index (χ0n) is 8.36. The molecule has 0 unspecified atom stereocenters. The Bertz CT molecular complexity index is 420. The summed E-state index contributed by atoms with van der Waals surface area (Å²) in [6.45, 7) is 0. The number of hydrogen-bond acceptors (Lipinski definition) is 0. The van der Waals surface area contributed by atoms with Gasteiger partial charge < -0.3 is 0 Å². The largest absolute Gasteiger partial charge is 0.0843 e. The van der Waals surface area contributed by atoms with Crippen molar-refractivity contribution < 1.29 is 0 Å². The van der Waals surface area contributed by atoms with Gasteiger partial charge in [-0.15, -0.1) is 0 Å². The van der Waals surface area contributed by atoms with Crippen LogP contribution in [0.3, 0.4) is 0 Å². The lowest BCUT2D eigenvalue weighted by Crippen LogP contribution is -1.87. The van der Waals surface area contributed by atoms with Crippen molar-refractivity contribution in [3.8, 4) is 0 Å². The molecule has 0 aliphatic rings. The van der Waals surface area contributed by atoms with Crippen molar-refractivity contribution in [3.05, 3.63) is 77.2 Å². The maximum atomic E-state index is 5.91. The Morgan fingerprint density at radius 2 is 1.73 bits per heavy atom. The second-order valence-corrected chi connectivity index (χ2v) is 3.89. The summed E-state index contributed by atoms with van der Waals surface area (Å²) >= 11 is 5.91. The smallest absolute Gasteiger partial charge is 0.0408 e. The number of rotatable bonds is 3. The third-order valence-electron chi connectivity index (χ3n) is 2.26. The molecule has 2 rings (SSSR count). The summed E-state index contributed by atoms with van der Waals surface area (Å²) in [5.41, 5.74) is 2.49. The molecule has 0 aliphatic carbocycles. The molecule has 0 saturated heterocycles. The molecule has 2 aromatic carbocycles. The lowest BCUT2D eigenvalue weighted by molar-refractivity contribution is 1.17. The summed E-state index contributed by atoms with van der Waals surface area (Å²) in [5.74, 6) is 0. The van der Waals surface area contributed by atoms with Crippen LogP contribution in [0.4, 0.5) is 0 Å². The van der Waals surface area contributed by atoms with Gasteiger partial charge in [0.15, 0.2) is 0 Å². The molecule has 2 aromatic rings. The molecular formula is C14H12Cl. The minimum absolute atomic E-state index is 0.800. The molecule has 0 bridgehead atoms. The molecule has 0 atom stereocenters. The van der Waals surface area contributed by atoms with E-state index in [2.05, 4.69) is 24.6 Å². The lowest BCUT2D eigenvalue weighted by Gasteiger charge is -2.01. The van der Waals surface area contributed by atoms with Gasteiger partial charge in [0.2, 0.25) is 0 Å². The van der Waals surface area contributed by atoms with Crippen LogP contribution in [0.5, 0.6) is 0 Å². The maximum absolute atomic E-state index is 5.91. The standard InChI is InChI=1S/C14H12Cl/c15-14-8-4-7-13(11-14)10-9-12-5-2-1-3-6-12/h1-9,11H,10H2. The monoisotopic (exact) mass is 215 g/mol. The van der Waals surface area contributed by atoms with E-state index in [9.17, 15) is 0 Å². The van der Waals surface area contributed by atoms with Crippen molar-refractivity contribution in [1.29, 1.82) is 0 Å². The van der Waals surface area contributed by atoms with Crippen molar-refractivity contribution in [2.45, 2.75) is 6.42 Å². The highest BCUT2D eigenvalue weighted by Gasteiger charge is 1.96. The molecule has 0 saturated carbocycles. The molecule has 1 radical (unpaired) electrons. The van der Waals surface area contributed by atoms with Crippen molar-refractivity contribution in [1.82, 2.24) is 0 Å². The van der Waals surface area contributed by atoms with Crippen LogP contribution in [0, 0.1) is 6.42 Å². The molecule has 0 amide bonds. The zero-order chi connectivity index (χ0) is 10.5. The predicted octanol–water partition coefficient (Wildman–Crippen LogP) is 4.14. The molecule has 0 fully saturated rings. The van der Waals surface area contributed by atoms with Gasteiger partial charge in [-0.2, -0.15) is 0 Å². The van der Waals surface area contributed by atoms with E-state index in [0.29, 0.717) is 0 Å². The van der Waals surface area contributed by atoms with Crippen molar-refractivity contribution in [3.63, 3.8) is 0 Å². The van der Waals surface area contributed by atoms with E-state index in [1.54, 1.807) is 0 Å². The zero-order valence-corrected chi connectivity index (χ0v) is 9.11. The Balaban J connectivity index is 1.99. The van der Waals surface area contributed by atoms with Crippen molar-refractivity contribution >= 4 is 11.6 Å². The van der Waals surface area contributed by atoms with Gasteiger partial charge in [-0.3, -0.25) is 0 Å². The van der Waals surface area contributed by atoms with Gasteiger partial charge in [-0.1, -0.05) is 54.1 Å². The molecule has 0 aromatic heterocycles. The van der Waals surface area contributed by atoms with Crippen LogP contribution in [0.1, 0.15) is 11.1 Å². The van der Waals surface area contributed by atoms with E-state index in [4.69, 9.17) is 11.6 Å². The molecule has 0 N–H and O–H groups in total. The molecule has 75 valence electrons.